The Balaban J connectivity index is 2.16. The van der Waals surface area contributed by atoms with Gasteiger partial charge in [0.25, 0.3) is 0 Å². The molecule has 2 rings (SSSR count). The van der Waals surface area contributed by atoms with Crippen molar-refractivity contribution < 1.29 is 4.74 Å². The fourth-order valence-corrected chi connectivity index (χ4v) is 3.21. The van der Waals surface area contributed by atoms with E-state index in [9.17, 15) is 0 Å². The highest BCUT2D eigenvalue weighted by Crippen LogP contribution is 2.43. The van der Waals surface area contributed by atoms with Crippen molar-refractivity contribution in [3.63, 3.8) is 0 Å². The van der Waals surface area contributed by atoms with Crippen LogP contribution in [0.5, 0.6) is 5.75 Å². The fourth-order valence-electron chi connectivity index (χ4n) is 3.21. The van der Waals surface area contributed by atoms with Crippen molar-refractivity contribution in [2.45, 2.75) is 52.0 Å². The number of rotatable bonds is 2. The van der Waals surface area contributed by atoms with Crippen LogP contribution < -0.4 is 10.5 Å². The van der Waals surface area contributed by atoms with E-state index in [1.165, 1.54) is 18.4 Å². The van der Waals surface area contributed by atoms with E-state index in [0.29, 0.717) is 17.4 Å². The summed E-state index contributed by atoms with van der Waals surface area (Å²) in [7, 11) is 1.71. The predicted molar refractivity (Wildman–Crippen MR) is 80.5 cm³/mol. The maximum absolute atomic E-state index is 6.36. The van der Waals surface area contributed by atoms with Gasteiger partial charge in [-0.05, 0) is 54.2 Å². The van der Waals surface area contributed by atoms with Gasteiger partial charge in [0.05, 0.1) is 7.11 Å². The third kappa shape index (κ3) is 3.30. The largest absolute Gasteiger partial charge is 0.497 e. The van der Waals surface area contributed by atoms with E-state index in [1.807, 2.05) is 12.1 Å². The summed E-state index contributed by atoms with van der Waals surface area (Å²) in [5.74, 6) is 2.17. The van der Waals surface area contributed by atoms with Crippen molar-refractivity contribution in [2.24, 2.45) is 17.1 Å². The Morgan fingerprint density at radius 2 is 1.74 bits per heavy atom. The first-order valence-corrected chi connectivity index (χ1v) is 7.31. The fraction of sp³-hybridized carbons (Fsp3) is 0.647. The number of hydrogen-bond donors (Lipinski definition) is 1. The SMILES string of the molecule is COc1ccc(C2CC(C(C)(C)C)CCC2N)cc1. The number of nitrogens with two attached hydrogens (primary N) is 1. The molecular weight excluding hydrogens is 234 g/mol. The van der Waals surface area contributed by atoms with Gasteiger partial charge in [0.2, 0.25) is 0 Å². The summed E-state index contributed by atoms with van der Waals surface area (Å²) in [6.07, 6.45) is 3.60. The number of benzene rings is 1. The van der Waals surface area contributed by atoms with Crippen molar-refractivity contribution >= 4 is 0 Å². The van der Waals surface area contributed by atoms with Crippen molar-refractivity contribution in [1.82, 2.24) is 0 Å². The van der Waals surface area contributed by atoms with Crippen LogP contribution in [0.15, 0.2) is 24.3 Å². The lowest BCUT2D eigenvalue weighted by Crippen LogP contribution is -2.38. The molecule has 2 N–H and O–H groups in total. The summed E-state index contributed by atoms with van der Waals surface area (Å²) in [6, 6.07) is 8.74. The second kappa shape index (κ2) is 5.54. The van der Waals surface area contributed by atoms with Crippen LogP contribution in [-0.4, -0.2) is 13.2 Å². The molecule has 1 fully saturated rings. The molecule has 2 heteroatoms. The third-order valence-corrected chi connectivity index (χ3v) is 4.67. The summed E-state index contributed by atoms with van der Waals surface area (Å²) in [5.41, 5.74) is 8.10. The van der Waals surface area contributed by atoms with Gasteiger partial charge in [-0.3, -0.25) is 0 Å². The minimum atomic E-state index is 0.298. The number of methoxy groups -OCH3 is 1. The highest BCUT2D eigenvalue weighted by Gasteiger charge is 2.34. The molecule has 0 saturated heterocycles. The van der Waals surface area contributed by atoms with E-state index >= 15 is 0 Å². The molecule has 1 saturated carbocycles. The quantitative estimate of drug-likeness (QED) is 0.874. The van der Waals surface area contributed by atoms with Gasteiger partial charge in [-0.25, -0.2) is 0 Å². The zero-order chi connectivity index (χ0) is 14.0. The molecule has 0 bridgehead atoms. The maximum atomic E-state index is 6.36. The second-order valence-electron chi connectivity index (χ2n) is 6.92. The van der Waals surface area contributed by atoms with Gasteiger partial charge in [0, 0.05) is 6.04 Å². The van der Waals surface area contributed by atoms with Gasteiger partial charge < -0.3 is 10.5 Å². The molecule has 0 heterocycles. The lowest BCUT2D eigenvalue weighted by molar-refractivity contribution is 0.154. The van der Waals surface area contributed by atoms with E-state index in [-0.39, 0.29) is 0 Å². The monoisotopic (exact) mass is 261 g/mol. The second-order valence-corrected chi connectivity index (χ2v) is 6.92. The first kappa shape index (κ1) is 14.4. The Kier molecular flexibility index (Phi) is 4.19. The van der Waals surface area contributed by atoms with Gasteiger partial charge >= 0.3 is 0 Å². The van der Waals surface area contributed by atoms with Crippen LogP contribution in [-0.2, 0) is 0 Å². The lowest BCUT2D eigenvalue weighted by atomic mass is 9.66. The molecule has 2 nitrogen and oxygen atoms in total. The van der Waals surface area contributed by atoms with E-state index in [2.05, 4.69) is 32.9 Å². The Bertz CT molecular complexity index is 404. The van der Waals surface area contributed by atoms with Crippen LogP contribution >= 0.6 is 0 Å². The Morgan fingerprint density at radius 1 is 1.11 bits per heavy atom. The molecule has 1 aromatic rings. The molecule has 0 amide bonds. The topological polar surface area (TPSA) is 35.2 Å². The molecule has 19 heavy (non-hydrogen) atoms. The maximum Gasteiger partial charge on any atom is 0.118 e. The van der Waals surface area contributed by atoms with E-state index in [1.54, 1.807) is 7.11 Å². The first-order valence-electron chi connectivity index (χ1n) is 7.31. The van der Waals surface area contributed by atoms with Gasteiger partial charge in [0.15, 0.2) is 0 Å². The molecule has 1 aliphatic carbocycles. The van der Waals surface area contributed by atoms with Crippen LogP contribution in [0.2, 0.25) is 0 Å². The van der Waals surface area contributed by atoms with E-state index in [4.69, 9.17) is 10.5 Å². The highest BCUT2D eigenvalue weighted by atomic mass is 16.5. The van der Waals surface area contributed by atoms with Gasteiger partial charge in [-0.15, -0.1) is 0 Å². The molecule has 0 radical (unpaired) electrons. The van der Waals surface area contributed by atoms with E-state index < -0.39 is 0 Å². The normalized spacial score (nSPS) is 28.2. The molecule has 3 unspecified atom stereocenters. The third-order valence-electron chi connectivity index (χ3n) is 4.67. The Morgan fingerprint density at radius 3 is 2.26 bits per heavy atom. The molecule has 0 aromatic heterocycles. The number of hydrogen-bond acceptors (Lipinski definition) is 2. The highest BCUT2D eigenvalue weighted by molar-refractivity contribution is 5.30. The minimum Gasteiger partial charge on any atom is -0.497 e. The Labute approximate surface area is 117 Å². The molecule has 0 spiro atoms. The molecule has 1 aliphatic rings. The Hall–Kier alpha value is -1.02. The lowest BCUT2D eigenvalue weighted by Gasteiger charge is -2.41. The van der Waals surface area contributed by atoms with Crippen LogP contribution in [0.4, 0.5) is 0 Å². The summed E-state index contributed by atoms with van der Waals surface area (Å²) < 4.78 is 5.23. The van der Waals surface area contributed by atoms with Gasteiger partial charge in [-0.1, -0.05) is 32.9 Å². The first-order chi connectivity index (χ1) is 8.91. The smallest absolute Gasteiger partial charge is 0.118 e. The average Bonchev–Trinajstić information content (AvgIpc) is 2.38. The van der Waals surface area contributed by atoms with Gasteiger partial charge in [0.1, 0.15) is 5.75 Å². The number of ether oxygens (including phenoxy) is 1. The average molecular weight is 261 g/mol. The van der Waals surface area contributed by atoms with E-state index in [0.717, 1.165) is 18.1 Å². The summed E-state index contributed by atoms with van der Waals surface area (Å²) in [6.45, 7) is 7.04. The molecule has 106 valence electrons. The van der Waals surface area contributed by atoms with Crippen LogP contribution in [0.25, 0.3) is 0 Å². The van der Waals surface area contributed by atoms with Crippen molar-refractivity contribution in [2.75, 3.05) is 7.11 Å². The summed E-state index contributed by atoms with van der Waals surface area (Å²) in [5, 5.41) is 0. The predicted octanol–water partition coefficient (Wildman–Crippen LogP) is 3.95. The van der Waals surface area contributed by atoms with Crippen molar-refractivity contribution in [3.8, 4) is 5.75 Å². The summed E-state index contributed by atoms with van der Waals surface area (Å²) in [4.78, 5) is 0. The zero-order valence-electron chi connectivity index (χ0n) is 12.6. The summed E-state index contributed by atoms with van der Waals surface area (Å²) >= 11 is 0. The van der Waals surface area contributed by atoms with Crippen molar-refractivity contribution in [1.29, 1.82) is 0 Å². The molecule has 0 aliphatic heterocycles. The van der Waals surface area contributed by atoms with Gasteiger partial charge in [-0.2, -0.15) is 0 Å². The van der Waals surface area contributed by atoms with Crippen LogP contribution in [0, 0.1) is 11.3 Å². The van der Waals surface area contributed by atoms with Crippen LogP contribution in [0.1, 0.15) is 51.5 Å². The zero-order valence-corrected chi connectivity index (χ0v) is 12.6. The molecule has 3 atom stereocenters. The molecule has 1 aromatic carbocycles. The van der Waals surface area contributed by atoms with Crippen LogP contribution in [0.3, 0.4) is 0 Å². The standard InChI is InChI=1S/C17H27NO/c1-17(2,3)13-7-10-16(18)15(11-13)12-5-8-14(19-4)9-6-12/h5-6,8-9,13,15-16H,7,10-11,18H2,1-4H3. The minimum absolute atomic E-state index is 0.298. The van der Waals surface area contributed by atoms with Crippen molar-refractivity contribution in [3.05, 3.63) is 29.8 Å². The molecular formula is C17H27NO.